The lowest BCUT2D eigenvalue weighted by atomic mass is 10.1. The number of carbonyl (C=O) groups is 3. The van der Waals surface area contributed by atoms with Gasteiger partial charge in [0.1, 0.15) is 12.6 Å². The number of carboxylic acid groups (broad SMARTS) is 1. The third-order valence-electron chi connectivity index (χ3n) is 8.18. The van der Waals surface area contributed by atoms with Gasteiger partial charge in [-0.25, -0.2) is 4.57 Å². The second kappa shape index (κ2) is 39.2. The van der Waals surface area contributed by atoms with Crippen LogP contribution >= 0.6 is 7.82 Å². The third kappa shape index (κ3) is 38.3. The molecular formula is C46H72NO12P. The first kappa shape index (κ1) is 56.1. The Balaban J connectivity index is 4.73. The Kier molecular flexibility index (Phi) is 36.6. The highest BCUT2D eigenvalue weighted by Gasteiger charge is 2.28. The molecular weight excluding hydrogens is 789 g/mol. The first-order chi connectivity index (χ1) is 28.9. The van der Waals surface area contributed by atoms with E-state index in [9.17, 15) is 34.1 Å². The van der Waals surface area contributed by atoms with Crippen molar-refractivity contribution < 1.29 is 57.7 Å². The quantitative estimate of drug-likeness (QED) is 0.0130. The predicted octanol–water partition coefficient (Wildman–Crippen LogP) is 9.00. The maximum absolute atomic E-state index is 12.6. The van der Waals surface area contributed by atoms with E-state index in [1.165, 1.54) is 19.3 Å². The lowest BCUT2D eigenvalue weighted by Crippen LogP contribution is -2.34. The Labute approximate surface area is 358 Å². The summed E-state index contributed by atoms with van der Waals surface area (Å²) in [7, 11) is -4.79. The number of carboxylic acids is 1. The lowest BCUT2D eigenvalue weighted by molar-refractivity contribution is -0.161. The smallest absolute Gasteiger partial charge is 0.472 e. The van der Waals surface area contributed by atoms with Crippen LogP contribution in [0.4, 0.5) is 0 Å². The molecule has 60 heavy (non-hydrogen) atoms. The summed E-state index contributed by atoms with van der Waals surface area (Å²) < 4.78 is 32.5. The van der Waals surface area contributed by atoms with Gasteiger partial charge in [-0.2, -0.15) is 0 Å². The minimum Gasteiger partial charge on any atom is -0.480 e. The van der Waals surface area contributed by atoms with E-state index in [1.54, 1.807) is 30.4 Å². The van der Waals surface area contributed by atoms with Crippen LogP contribution in [0.1, 0.15) is 117 Å². The van der Waals surface area contributed by atoms with Crippen molar-refractivity contribution in [1.82, 2.24) is 0 Å². The highest BCUT2D eigenvalue weighted by molar-refractivity contribution is 7.47. The van der Waals surface area contributed by atoms with Crippen molar-refractivity contribution in [2.75, 3.05) is 19.8 Å². The van der Waals surface area contributed by atoms with E-state index in [1.807, 2.05) is 49.5 Å². The molecule has 0 aromatic rings. The third-order valence-corrected chi connectivity index (χ3v) is 9.13. The van der Waals surface area contributed by atoms with Crippen LogP contribution in [0.15, 0.2) is 109 Å². The number of nitrogens with two attached hydrogens (primary N) is 1. The molecule has 338 valence electrons. The number of phosphoric acid groups is 1. The van der Waals surface area contributed by atoms with Crippen LogP contribution in [0.5, 0.6) is 0 Å². The molecule has 0 fully saturated rings. The van der Waals surface area contributed by atoms with E-state index in [-0.39, 0.29) is 12.8 Å². The standard InChI is InChI=1S/C46H72NO12P/c1-3-5-7-8-9-10-11-12-13-14-15-16-20-23-29-35-44(50)56-37-42(38-57-60(54,55)58-39-43(47)46(52)53)59-45(51)36-30-24-28-34-41(49)33-27-22-19-17-18-21-26-32-40(48)31-25-6-4-2/h6,9-10,12-13,15-16,18-19,21-22,25-28,32-34,40-43,48-49H,3-5,7-8,11,14,17,20,23-24,29-31,35-39,47H2,1-2H3,(H,52,53)(H,54,55)/b10-9-,13-12-,16-15-,21-18-,22-19-,25-6-,32-26+,33-27+,34-28-/t40-,41-,42+,43-/m0/s1. The van der Waals surface area contributed by atoms with Crippen molar-refractivity contribution in [3.05, 3.63) is 109 Å². The topological polar surface area (TPSA) is 212 Å². The van der Waals surface area contributed by atoms with Gasteiger partial charge in [-0.15, -0.1) is 0 Å². The molecule has 6 N–H and O–H groups in total. The molecule has 1 unspecified atom stereocenters. The molecule has 13 nitrogen and oxygen atoms in total. The van der Waals surface area contributed by atoms with Crippen LogP contribution in [-0.4, -0.2) is 82.3 Å². The Bertz CT molecular complexity index is 1460. The zero-order chi connectivity index (χ0) is 44.5. The molecule has 0 bridgehead atoms. The van der Waals surface area contributed by atoms with Crippen LogP contribution in [0.2, 0.25) is 0 Å². The van der Waals surface area contributed by atoms with Gasteiger partial charge in [0.25, 0.3) is 0 Å². The minimum absolute atomic E-state index is 0.0404. The summed E-state index contributed by atoms with van der Waals surface area (Å²) in [4.78, 5) is 45.9. The predicted molar refractivity (Wildman–Crippen MR) is 238 cm³/mol. The Morgan fingerprint density at radius 3 is 1.87 bits per heavy atom. The number of ether oxygens (including phenoxy) is 2. The van der Waals surface area contributed by atoms with Crippen LogP contribution < -0.4 is 5.73 Å². The molecule has 0 rings (SSSR count). The fourth-order valence-corrected chi connectivity index (χ4v) is 5.59. The van der Waals surface area contributed by atoms with Crippen LogP contribution in [-0.2, 0) is 37.5 Å². The average Bonchev–Trinajstić information content (AvgIpc) is 3.21. The van der Waals surface area contributed by atoms with E-state index >= 15 is 0 Å². The van der Waals surface area contributed by atoms with Gasteiger partial charge in [-0.1, -0.05) is 136 Å². The van der Waals surface area contributed by atoms with Crippen LogP contribution in [0.3, 0.4) is 0 Å². The highest BCUT2D eigenvalue weighted by atomic mass is 31.2. The molecule has 0 amide bonds. The average molecular weight is 862 g/mol. The Morgan fingerprint density at radius 2 is 1.22 bits per heavy atom. The summed E-state index contributed by atoms with van der Waals surface area (Å²) in [5.74, 6) is -2.66. The van der Waals surface area contributed by atoms with Crippen molar-refractivity contribution in [2.24, 2.45) is 5.73 Å². The molecule has 0 aliphatic carbocycles. The van der Waals surface area contributed by atoms with Gasteiger partial charge in [-0.05, 0) is 77.0 Å². The number of esters is 2. The zero-order valence-electron chi connectivity index (χ0n) is 35.7. The van der Waals surface area contributed by atoms with Gasteiger partial charge in [0.15, 0.2) is 6.10 Å². The van der Waals surface area contributed by atoms with Crippen molar-refractivity contribution in [1.29, 1.82) is 0 Å². The number of carbonyl (C=O) groups excluding carboxylic acids is 2. The SMILES string of the molecule is CC/C=C\C[C@H](O)/C=C/C=C\C/C=C\C=C\[C@H](O)/C=C\CCCC(=O)O[C@H](COC(=O)CCCC/C=C\C/C=C\C/C=C\CCCCC)COP(=O)(O)OC[C@H](N)C(=O)O. The lowest BCUT2D eigenvalue weighted by Gasteiger charge is -2.20. The van der Waals surface area contributed by atoms with Crippen LogP contribution in [0, 0.1) is 0 Å². The molecule has 0 saturated heterocycles. The second-order valence-electron chi connectivity index (χ2n) is 13.8. The summed E-state index contributed by atoms with van der Waals surface area (Å²) in [6.07, 6.45) is 43.8. The van der Waals surface area contributed by atoms with Crippen molar-refractivity contribution in [3.63, 3.8) is 0 Å². The normalized spacial score (nSPS) is 15.8. The monoisotopic (exact) mass is 861 g/mol. The van der Waals surface area contributed by atoms with Gasteiger partial charge in [-0.3, -0.25) is 23.4 Å². The molecule has 14 heteroatoms. The molecule has 5 atom stereocenters. The fraction of sp³-hybridized carbons (Fsp3) is 0.543. The van der Waals surface area contributed by atoms with Crippen LogP contribution in [0.25, 0.3) is 0 Å². The van der Waals surface area contributed by atoms with Gasteiger partial charge < -0.3 is 35.4 Å². The van der Waals surface area contributed by atoms with Gasteiger partial charge in [0.05, 0.1) is 25.4 Å². The van der Waals surface area contributed by atoms with E-state index in [4.69, 9.17) is 24.8 Å². The first-order valence-corrected chi connectivity index (χ1v) is 22.6. The maximum Gasteiger partial charge on any atom is 0.472 e. The number of rotatable bonds is 37. The van der Waals surface area contributed by atoms with E-state index in [2.05, 4.69) is 47.9 Å². The van der Waals surface area contributed by atoms with Crippen molar-refractivity contribution in [2.45, 2.75) is 141 Å². The number of aliphatic carboxylic acids is 1. The van der Waals surface area contributed by atoms with Gasteiger partial charge in [0, 0.05) is 12.8 Å². The fourth-order valence-electron chi connectivity index (χ4n) is 4.81. The molecule has 0 aliphatic rings. The molecule has 0 heterocycles. The molecule has 0 aromatic carbocycles. The largest absolute Gasteiger partial charge is 0.480 e. The highest BCUT2D eigenvalue weighted by Crippen LogP contribution is 2.43. The number of hydrogen-bond donors (Lipinski definition) is 5. The van der Waals surface area contributed by atoms with Crippen molar-refractivity contribution in [3.8, 4) is 0 Å². The van der Waals surface area contributed by atoms with E-state index < -0.39 is 69.9 Å². The first-order valence-electron chi connectivity index (χ1n) is 21.1. The second-order valence-corrected chi connectivity index (χ2v) is 15.2. The zero-order valence-corrected chi connectivity index (χ0v) is 36.6. The molecule has 0 aromatic heterocycles. The molecule has 0 spiro atoms. The van der Waals surface area contributed by atoms with Gasteiger partial charge in [0.2, 0.25) is 0 Å². The maximum atomic E-state index is 12.6. The van der Waals surface area contributed by atoms with Gasteiger partial charge >= 0.3 is 25.7 Å². The summed E-state index contributed by atoms with van der Waals surface area (Å²) >= 11 is 0. The summed E-state index contributed by atoms with van der Waals surface area (Å²) in [5.41, 5.74) is 5.31. The number of aliphatic hydroxyl groups is 2. The molecule has 0 aliphatic heterocycles. The number of aliphatic hydroxyl groups excluding tert-OH is 2. The molecule has 0 radical (unpaired) electrons. The Hall–Kier alpha value is -3.94. The summed E-state index contributed by atoms with van der Waals surface area (Å²) in [6, 6.07) is -1.57. The number of hydrogen-bond acceptors (Lipinski definition) is 11. The number of phosphoric ester groups is 1. The summed E-state index contributed by atoms with van der Waals surface area (Å²) in [5, 5.41) is 28.9. The van der Waals surface area contributed by atoms with Crippen molar-refractivity contribution >= 4 is 25.7 Å². The number of unbranched alkanes of at least 4 members (excludes halogenated alkanes) is 6. The van der Waals surface area contributed by atoms with E-state index in [0.29, 0.717) is 32.1 Å². The Morgan fingerprint density at radius 1 is 0.633 bits per heavy atom. The minimum atomic E-state index is -4.79. The van der Waals surface area contributed by atoms with E-state index in [0.717, 1.165) is 38.5 Å². The number of allylic oxidation sites excluding steroid dienone is 14. The molecule has 0 saturated carbocycles. The summed E-state index contributed by atoms with van der Waals surface area (Å²) in [6.45, 7) is 2.32.